The van der Waals surface area contributed by atoms with E-state index in [2.05, 4.69) is 20.7 Å². The second kappa shape index (κ2) is 11.9. The fourth-order valence-corrected chi connectivity index (χ4v) is 3.80. The third-order valence-corrected chi connectivity index (χ3v) is 6.19. The average molecular weight is 553 g/mol. The van der Waals surface area contributed by atoms with Crippen molar-refractivity contribution in [1.82, 2.24) is 10.0 Å². The number of hydrogen-bond donors (Lipinski definition) is 2. The minimum absolute atomic E-state index is 0.0451. The third-order valence-electron chi connectivity index (χ3n) is 4.18. The van der Waals surface area contributed by atoms with E-state index >= 15 is 0 Å². The molecule has 2 rings (SSSR count). The third kappa shape index (κ3) is 9.87. The van der Waals surface area contributed by atoms with Gasteiger partial charge < -0.3 is 0 Å². The summed E-state index contributed by atoms with van der Waals surface area (Å²) in [7, 11) is -5.18. The van der Waals surface area contributed by atoms with Gasteiger partial charge in [-0.25, -0.2) is 0 Å². The van der Waals surface area contributed by atoms with Gasteiger partial charge in [-0.05, 0) is 35.4 Å². The molecule has 16 heteroatoms. The fourth-order valence-electron chi connectivity index (χ4n) is 2.37. The summed E-state index contributed by atoms with van der Waals surface area (Å²) in [5, 5.41) is 18.8. The highest BCUT2D eigenvalue weighted by molar-refractivity contribution is 7.86. The SMILES string of the molecule is CN(CCS(=O)(=O)O)N=Nc1ccc(-c2ccc(N=NN(C)CCS(=O)(=O)O)c(Cl)c2)cc1Cl. The summed E-state index contributed by atoms with van der Waals surface area (Å²) in [5.41, 5.74) is 2.18. The van der Waals surface area contributed by atoms with Crippen LogP contribution in [0.4, 0.5) is 11.4 Å². The van der Waals surface area contributed by atoms with Crippen molar-refractivity contribution in [2.75, 3.05) is 38.7 Å². The molecule has 0 atom stereocenters. The molecule has 0 amide bonds. The Morgan fingerprint density at radius 3 is 1.38 bits per heavy atom. The van der Waals surface area contributed by atoms with Crippen LogP contribution < -0.4 is 0 Å². The van der Waals surface area contributed by atoms with Crippen molar-refractivity contribution < 1.29 is 25.9 Å². The molecular weight excluding hydrogens is 531 g/mol. The summed E-state index contributed by atoms with van der Waals surface area (Å²) >= 11 is 12.6. The normalized spacial score (nSPS) is 12.5. The first-order valence-electron chi connectivity index (χ1n) is 9.49. The van der Waals surface area contributed by atoms with Crippen LogP contribution in [-0.2, 0) is 20.2 Å². The Morgan fingerprint density at radius 2 is 1.09 bits per heavy atom. The molecule has 0 radical (unpaired) electrons. The summed E-state index contributed by atoms with van der Waals surface area (Å²) in [6, 6.07) is 10.1. The number of hydrogen-bond acceptors (Lipinski definition) is 8. The lowest BCUT2D eigenvalue weighted by atomic mass is 10.1. The Balaban J connectivity index is 2.09. The molecule has 0 aliphatic heterocycles. The van der Waals surface area contributed by atoms with Gasteiger partial charge in [-0.2, -0.15) is 16.8 Å². The van der Waals surface area contributed by atoms with E-state index in [4.69, 9.17) is 32.3 Å². The second-order valence-corrected chi connectivity index (χ2v) is 11.0. The maximum Gasteiger partial charge on any atom is 0.266 e. The number of halogens is 2. The Bertz CT molecular complexity index is 1190. The molecule has 2 aromatic carbocycles. The van der Waals surface area contributed by atoms with Crippen LogP contribution >= 0.6 is 23.2 Å². The number of nitrogens with zero attached hydrogens (tertiary/aromatic N) is 6. The molecule has 0 aliphatic rings. The molecule has 0 saturated carbocycles. The number of rotatable bonds is 11. The molecule has 0 heterocycles. The fraction of sp³-hybridized carbons (Fsp3) is 0.333. The van der Waals surface area contributed by atoms with Crippen molar-refractivity contribution in [1.29, 1.82) is 0 Å². The van der Waals surface area contributed by atoms with Crippen LogP contribution in [-0.4, -0.2) is 74.6 Å². The Labute approximate surface area is 207 Å². The molecule has 34 heavy (non-hydrogen) atoms. The zero-order valence-corrected chi connectivity index (χ0v) is 21.2. The highest BCUT2D eigenvalue weighted by Crippen LogP contribution is 2.34. The zero-order valence-electron chi connectivity index (χ0n) is 18.1. The van der Waals surface area contributed by atoms with E-state index in [0.29, 0.717) is 21.4 Å². The second-order valence-electron chi connectivity index (χ2n) is 7.05. The summed E-state index contributed by atoms with van der Waals surface area (Å²) in [6.07, 6.45) is 0. The highest BCUT2D eigenvalue weighted by atomic mass is 35.5. The van der Waals surface area contributed by atoms with Gasteiger partial charge in [-0.1, -0.05) is 45.8 Å². The van der Waals surface area contributed by atoms with Crippen LogP contribution in [0.5, 0.6) is 0 Å². The zero-order chi connectivity index (χ0) is 25.5. The van der Waals surface area contributed by atoms with Crippen LogP contribution in [0.25, 0.3) is 11.1 Å². The van der Waals surface area contributed by atoms with E-state index in [1.54, 1.807) is 36.4 Å². The predicted molar refractivity (Wildman–Crippen MR) is 129 cm³/mol. The summed E-state index contributed by atoms with van der Waals surface area (Å²) < 4.78 is 60.7. The van der Waals surface area contributed by atoms with Crippen molar-refractivity contribution in [3.05, 3.63) is 46.4 Å². The lowest BCUT2D eigenvalue weighted by Gasteiger charge is -2.10. The van der Waals surface area contributed by atoms with Gasteiger partial charge in [0.05, 0.1) is 34.6 Å². The molecule has 2 N–H and O–H groups in total. The molecule has 0 fully saturated rings. The molecule has 0 bridgehead atoms. The first-order valence-corrected chi connectivity index (χ1v) is 13.5. The molecule has 2 aromatic rings. The Morgan fingerprint density at radius 1 is 0.735 bits per heavy atom. The first-order chi connectivity index (χ1) is 15.7. The van der Waals surface area contributed by atoms with Crippen molar-refractivity contribution in [3.63, 3.8) is 0 Å². The summed E-state index contributed by atoms with van der Waals surface area (Å²) in [5.74, 6) is -0.960. The topological polar surface area (TPSA) is 165 Å². The molecule has 0 aliphatic carbocycles. The van der Waals surface area contributed by atoms with E-state index in [-0.39, 0.29) is 13.1 Å². The molecule has 0 aromatic heterocycles. The van der Waals surface area contributed by atoms with Crippen molar-refractivity contribution in [3.8, 4) is 11.1 Å². The van der Waals surface area contributed by atoms with Gasteiger partial charge in [0.2, 0.25) is 0 Å². The van der Waals surface area contributed by atoms with Crippen molar-refractivity contribution in [2.45, 2.75) is 0 Å². The van der Waals surface area contributed by atoms with Gasteiger partial charge in [0.25, 0.3) is 20.2 Å². The molecule has 186 valence electrons. The molecular formula is C18H22Cl2N6O6S2. The summed E-state index contributed by atoms with van der Waals surface area (Å²) in [4.78, 5) is 0. The van der Waals surface area contributed by atoms with E-state index in [1.165, 1.54) is 24.1 Å². The average Bonchev–Trinajstić information content (AvgIpc) is 2.73. The van der Waals surface area contributed by atoms with E-state index < -0.39 is 31.7 Å². The van der Waals surface area contributed by atoms with Gasteiger partial charge in [0.1, 0.15) is 11.4 Å². The summed E-state index contributed by atoms with van der Waals surface area (Å²) in [6.45, 7) is -0.0902. The maximum absolute atomic E-state index is 10.8. The smallest absolute Gasteiger partial charge is 0.266 e. The van der Waals surface area contributed by atoms with Crippen LogP contribution in [0.1, 0.15) is 0 Å². The monoisotopic (exact) mass is 552 g/mol. The van der Waals surface area contributed by atoms with E-state index in [0.717, 1.165) is 11.1 Å². The molecule has 0 saturated heterocycles. The molecule has 0 spiro atoms. The minimum Gasteiger partial charge on any atom is -0.285 e. The Hall–Kier alpha value is -2.36. The lowest BCUT2D eigenvalue weighted by Crippen LogP contribution is -2.20. The Kier molecular flexibility index (Phi) is 9.73. The van der Waals surface area contributed by atoms with Crippen LogP contribution in [0.15, 0.2) is 57.1 Å². The van der Waals surface area contributed by atoms with Gasteiger partial charge in [-0.3, -0.25) is 19.1 Å². The van der Waals surface area contributed by atoms with Gasteiger partial charge in [-0.15, -0.1) is 10.2 Å². The van der Waals surface area contributed by atoms with Gasteiger partial charge >= 0.3 is 0 Å². The van der Waals surface area contributed by atoms with Gasteiger partial charge in [0.15, 0.2) is 0 Å². The van der Waals surface area contributed by atoms with Crippen molar-refractivity contribution >= 4 is 54.8 Å². The predicted octanol–water partition coefficient (Wildman–Crippen LogP) is 4.30. The van der Waals surface area contributed by atoms with Crippen LogP contribution in [0.3, 0.4) is 0 Å². The quantitative estimate of drug-likeness (QED) is 0.236. The van der Waals surface area contributed by atoms with E-state index in [1.807, 2.05) is 0 Å². The highest BCUT2D eigenvalue weighted by Gasteiger charge is 2.09. The molecule has 12 nitrogen and oxygen atoms in total. The van der Waals surface area contributed by atoms with Crippen LogP contribution in [0.2, 0.25) is 10.0 Å². The van der Waals surface area contributed by atoms with E-state index in [9.17, 15) is 16.8 Å². The standard InChI is InChI=1S/C18H22Cl2N6O6S2/c1-25(7-9-33(27,28)29)23-21-17-5-3-13(11-15(17)19)14-4-6-18(16(20)12-14)22-24-26(2)8-10-34(30,31)32/h3-6,11-12H,7-10H2,1-2H3,(H,27,28,29)(H,30,31,32). The number of benzene rings is 2. The largest absolute Gasteiger partial charge is 0.285 e. The van der Waals surface area contributed by atoms with Crippen LogP contribution in [0, 0.1) is 0 Å². The van der Waals surface area contributed by atoms with Crippen molar-refractivity contribution in [2.24, 2.45) is 20.7 Å². The van der Waals surface area contributed by atoms with Gasteiger partial charge in [0, 0.05) is 14.1 Å². The molecule has 0 unspecified atom stereocenters. The maximum atomic E-state index is 10.8. The minimum atomic E-state index is -4.10. The first kappa shape index (κ1) is 27.9. The lowest BCUT2D eigenvalue weighted by molar-refractivity contribution is 0.346.